The molecule has 0 unspecified atom stereocenters. The van der Waals surface area contributed by atoms with E-state index in [-0.39, 0.29) is 17.4 Å². The Morgan fingerprint density at radius 1 is 0.833 bits per heavy atom. The van der Waals surface area contributed by atoms with E-state index in [0.29, 0.717) is 22.1 Å². The molecule has 24 heavy (non-hydrogen) atoms. The van der Waals surface area contributed by atoms with Gasteiger partial charge in [-0.05, 0) is 67.8 Å². The molecule has 0 aromatic heterocycles. The van der Waals surface area contributed by atoms with Crippen molar-refractivity contribution in [3.63, 3.8) is 0 Å². The minimum absolute atomic E-state index is 0.0505. The number of anilines is 2. The maximum absolute atomic E-state index is 12.4. The second-order valence-electron chi connectivity index (χ2n) is 4.63. The molecular weight excluding hydrogens is 679 g/mol. The van der Waals surface area contributed by atoms with Crippen molar-refractivity contribution in [1.82, 2.24) is 4.72 Å². The lowest BCUT2D eigenvalue weighted by molar-refractivity contribution is -0.115. The minimum Gasteiger partial charge on any atom is -0.324 e. The molecule has 1 aromatic carbocycles. The zero-order valence-corrected chi connectivity index (χ0v) is 19.9. The molecule has 1 rings (SSSR count). The number of hydrogen-bond acceptors (Lipinski definition) is 5. The molecule has 0 aliphatic heterocycles. The van der Waals surface area contributed by atoms with E-state index in [2.05, 4.69) is 10.6 Å². The molecule has 1 aromatic rings. The van der Waals surface area contributed by atoms with Gasteiger partial charge in [0.25, 0.3) is 5.91 Å². The van der Waals surface area contributed by atoms with Gasteiger partial charge in [-0.25, -0.2) is 13.1 Å². The summed E-state index contributed by atoms with van der Waals surface area (Å²) in [5.74, 6) is -1.58. The zero-order valence-electron chi connectivity index (χ0n) is 12.6. The van der Waals surface area contributed by atoms with Crippen LogP contribution in [0.3, 0.4) is 0 Å². The topological polar surface area (TPSA) is 121 Å². The largest absolute Gasteiger partial charge is 0.324 e. The summed E-state index contributed by atoms with van der Waals surface area (Å²) in [7, 11) is -3.77. The van der Waals surface area contributed by atoms with Crippen LogP contribution in [0.4, 0.5) is 11.4 Å². The SMILES string of the molecule is CC(=O)Nc1c(I)c(NC(C)=O)c(I)c(C(=O)NS(C)(=O)=O)c1I. The molecule has 0 aliphatic carbocycles. The summed E-state index contributed by atoms with van der Waals surface area (Å²) in [5.41, 5.74) is 0.701. The first-order valence-corrected chi connectivity index (χ1v) is 11.3. The van der Waals surface area contributed by atoms with E-state index in [1.807, 2.05) is 72.5 Å². The van der Waals surface area contributed by atoms with Gasteiger partial charge in [0, 0.05) is 13.8 Å². The van der Waals surface area contributed by atoms with E-state index in [4.69, 9.17) is 0 Å². The highest BCUT2D eigenvalue weighted by atomic mass is 127. The van der Waals surface area contributed by atoms with Crippen molar-refractivity contribution >= 4 is 107 Å². The average molecular weight is 691 g/mol. The summed E-state index contributed by atoms with van der Waals surface area (Å²) in [6, 6.07) is 0. The number of benzene rings is 1. The molecular formula is C12H12I3N3O5S. The predicted octanol–water partition coefficient (Wildman–Crippen LogP) is 2.11. The van der Waals surface area contributed by atoms with Gasteiger partial charge in [-0.2, -0.15) is 0 Å². The molecule has 132 valence electrons. The Bertz CT molecular complexity index is 796. The van der Waals surface area contributed by atoms with Crippen molar-refractivity contribution in [3.05, 3.63) is 16.3 Å². The number of carbonyl (C=O) groups excluding carboxylic acids is 3. The Morgan fingerprint density at radius 2 is 1.21 bits per heavy atom. The number of carbonyl (C=O) groups is 3. The second-order valence-corrected chi connectivity index (χ2v) is 9.62. The van der Waals surface area contributed by atoms with Gasteiger partial charge >= 0.3 is 0 Å². The Hall–Kier alpha value is -0.230. The summed E-state index contributed by atoms with van der Waals surface area (Å²) < 4.78 is 25.9. The quantitative estimate of drug-likeness (QED) is 0.419. The smallest absolute Gasteiger partial charge is 0.267 e. The maximum atomic E-state index is 12.4. The van der Waals surface area contributed by atoms with Gasteiger partial charge in [0.05, 0.1) is 33.9 Å². The van der Waals surface area contributed by atoms with Gasteiger partial charge in [0.15, 0.2) is 0 Å². The van der Waals surface area contributed by atoms with Crippen molar-refractivity contribution in [2.75, 3.05) is 16.9 Å². The van der Waals surface area contributed by atoms with Crippen molar-refractivity contribution in [3.8, 4) is 0 Å². The highest BCUT2D eigenvalue weighted by molar-refractivity contribution is 14.1. The molecule has 0 aliphatic rings. The number of hydrogen-bond donors (Lipinski definition) is 3. The van der Waals surface area contributed by atoms with Crippen LogP contribution >= 0.6 is 67.8 Å². The van der Waals surface area contributed by atoms with Crippen molar-refractivity contribution in [2.45, 2.75) is 13.8 Å². The van der Waals surface area contributed by atoms with Crippen LogP contribution in [0.2, 0.25) is 0 Å². The average Bonchev–Trinajstić information content (AvgIpc) is 2.37. The van der Waals surface area contributed by atoms with Crippen LogP contribution in [-0.4, -0.2) is 32.4 Å². The molecule has 0 heterocycles. The molecule has 12 heteroatoms. The highest BCUT2D eigenvalue weighted by Crippen LogP contribution is 2.38. The van der Waals surface area contributed by atoms with E-state index in [1.54, 1.807) is 0 Å². The number of nitrogens with one attached hydrogen (secondary N) is 3. The predicted molar refractivity (Wildman–Crippen MR) is 116 cm³/mol. The molecule has 0 spiro atoms. The van der Waals surface area contributed by atoms with Crippen LogP contribution in [0, 0.1) is 10.7 Å². The van der Waals surface area contributed by atoms with Crippen LogP contribution in [0.1, 0.15) is 24.2 Å². The fraction of sp³-hybridized carbons (Fsp3) is 0.250. The monoisotopic (exact) mass is 691 g/mol. The molecule has 0 saturated heterocycles. The van der Waals surface area contributed by atoms with Gasteiger partial charge in [-0.3, -0.25) is 14.4 Å². The highest BCUT2D eigenvalue weighted by Gasteiger charge is 2.26. The summed E-state index contributed by atoms with van der Waals surface area (Å²) in [4.78, 5) is 35.2. The van der Waals surface area contributed by atoms with Crippen LogP contribution in [0.5, 0.6) is 0 Å². The molecule has 0 atom stereocenters. The zero-order chi connectivity index (χ0) is 18.8. The molecule has 8 nitrogen and oxygen atoms in total. The summed E-state index contributed by atoms with van der Waals surface area (Å²) in [6.07, 6.45) is 0.862. The molecule has 3 N–H and O–H groups in total. The van der Waals surface area contributed by atoms with E-state index >= 15 is 0 Å². The number of sulfonamides is 1. The second kappa shape index (κ2) is 8.43. The fourth-order valence-corrected chi connectivity index (χ4v) is 6.29. The van der Waals surface area contributed by atoms with Crippen molar-refractivity contribution in [2.24, 2.45) is 0 Å². The lowest BCUT2D eigenvalue weighted by Gasteiger charge is -2.19. The van der Waals surface area contributed by atoms with Gasteiger partial charge in [-0.1, -0.05) is 0 Å². The maximum Gasteiger partial charge on any atom is 0.267 e. The van der Waals surface area contributed by atoms with E-state index < -0.39 is 15.9 Å². The number of rotatable bonds is 4. The normalized spacial score (nSPS) is 10.9. The summed E-state index contributed by atoms with van der Waals surface area (Å²) >= 11 is 5.64. The van der Waals surface area contributed by atoms with Crippen molar-refractivity contribution in [1.29, 1.82) is 0 Å². The van der Waals surface area contributed by atoms with Gasteiger partial charge in [0.2, 0.25) is 21.8 Å². The summed E-state index contributed by atoms with van der Waals surface area (Å²) in [6.45, 7) is 2.61. The molecule has 0 radical (unpaired) electrons. The molecule has 3 amide bonds. The molecule has 0 bridgehead atoms. The van der Waals surface area contributed by atoms with Crippen LogP contribution in [0.25, 0.3) is 0 Å². The Balaban J connectivity index is 3.70. The number of amides is 3. The first-order valence-electron chi connectivity index (χ1n) is 6.13. The third-order valence-corrected chi connectivity index (χ3v) is 6.22. The third kappa shape index (κ3) is 5.65. The fourth-order valence-electron chi connectivity index (χ4n) is 1.65. The van der Waals surface area contributed by atoms with Gasteiger partial charge in [-0.15, -0.1) is 0 Å². The standard InChI is InChI=1S/C12H12I3N3O5S/c1-4(19)16-10-7(13)6(12(21)18-24(3,22)23)8(14)11(9(10)15)17-5(2)20/h1-3H3,(H,16,19)(H,17,20)(H,18,21). The summed E-state index contributed by atoms with van der Waals surface area (Å²) in [5, 5.41) is 5.20. The Labute approximate surface area is 179 Å². The van der Waals surface area contributed by atoms with E-state index in [9.17, 15) is 22.8 Å². The molecule has 0 saturated carbocycles. The van der Waals surface area contributed by atoms with E-state index in [1.165, 1.54) is 13.8 Å². The van der Waals surface area contributed by atoms with Crippen molar-refractivity contribution < 1.29 is 22.8 Å². The first kappa shape index (κ1) is 21.8. The third-order valence-electron chi connectivity index (χ3n) is 2.42. The number of halogens is 3. The van der Waals surface area contributed by atoms with E-state index in [0.717, 1.165) is 6.26 Å². The first-order chi connectivity index (χ1) is 10.8. The van der Waals surface area contributed by atoms with Crippen LogP contribution in [-0.2, 0) is 19.6 Å². The lowest BCUT2D eigenvalue weighted by atomic mass is 10.1. The Kier molecular flexibility index (Phi) is 7.67. The van der Waals surface area contributed by atoms with Gasteiger partial charge in [0.1, 0.15) is 0 Å². The minimum atomic E-state index is -3.77. The lowest BCUT2D eigenvalue weighted by Crippen LogP contribution is -2.31. The Morgan fingerprint density at radius 3 is 1.50 bits per heavy atom. The van der Waals surface area contributed by atoms with Crippen LogP contribution < -0.4 is 15.4 Å². The molecule has 0 fully saturated rings. The van der Waals surface area contributed by atoms with Crippen LogP contribution in [0.15, 0.2) is 0 Å². The van der Waals surface area contributed by atoms with Gasteiger partial charge < -0.3 is 10.6 Å².